The summed E-state index contributed by atoms with van der Waals surface area (Å²) in [5.41, 5.74) is 4.89. The van der Waals surface area contributed by atoms with E-state index < -0.39 is 6.09 Å². The molecular formula is C8H14N3O2. The Morgan fingerprint density at radius 3 is 2.46 bits per heavy atom. The molecule has 0 aromatic heterocycles. The molecule has 0 unspecified atom stereocenters. The number of hydrogen-bond donors (Lipinski definition) is 2. The molecule has 5 heteroatoms. The fourth-order valence-corrected chi connectivity index (χ4v) is 1.41. The smallest absolute Gasteiger partial charge is 0.404 e. The summed E-state index contributed by atoms with van der Waals surface area (Å²) in [6.45, 7) is 4.94. The third-order valence-electron chi connectivity index (χ3n) is 2.11. The predicted octanol–water partition coefficient (Wildman–Crippen LogP) is 0.357. The summed E-state index contributed by atoms with van der Waals surface area (Å²) in [5, 5.41) is 7.28. The number of nitrogens with one attached hydrogen (secondary N) is 1. The highest BCUT2D eigenvalue weighted by Crippen LogP contribution is 2.13. The van der Waals surface area contributed by atoms with Gasteiger partial charge < -0.3 is 15.4 Å². The van der Waals surface area contributed by atoms with Gasteiger partial charge in [0.1, 0.15) is 6.10 Å². The Balaban J connectivity index is 2.30. The van der Waals surface area contributed by atoms with E-state index >= 15 is 0 Å². The standard InChI is InChI=1S/C8H14N3O2/c1-6(9)11-4-2-7(3-5-11)13-8(10)12/h7,9H,1-5H2,(H2,10,12). The zero-order valence-electron chi connectivity index (χ0n) is 7.45. The maximum absolute atomic E-state index is 10.4. The lowest BCUT2D eigenvalue weighted by Crippen LogP contribution is -2.40. The molecule has 0 aromatic rings. The van der Waals surface area contributed by atoms with Crippen LogP contribution in [0, 0.1) is 12.3 Å². The molecule has 1 fully saturated rings. The van der Waals surface area contributed by atoms with Gasteiger partial charge >= 0.3 is 6.09 Å². The van der Waals surface area contributed by atoms with Crippen LogP contribution in [0.1, 0.15) is 12.8 Å². The summed E-state index contributed by atoms with van der Waals surface area (Å²) >= 11 is 0. The van der Waals surface area contributed by atoms with Crippen LogP contribution in [0.3, 0.4) is 0 Å². The Labute approximate surface area is 77.3 Å². The van der Waals surface area contributed by atoms with Gasteiger partial charge in [-0.25, -0.2) is 4.79 Å². The van der Waals surface area contributed by atoms with Crippen LogP contribution in [0.2, 0.25) is 0 Å². The fraction of sp³-hybridized carbons (Fsp3) is 0.625. The van der Waals surface area contributed by atoms with Crippen molar-refractivity contribution in [3.63, 3.8) is 0 Å². The number of primary amides is 1. The van der Waals surface area contributed by atoms with Crippen LogP contribution in [-0.2, 0) is 4.74 Å². The van der Waals surface area contributed by atoms with E-state index in [1.165, 1.54) is 0 Å². The molecule has 73 valence electrons. The molecule has 1 radical (unpaired) electrons. The van der Waals surface area contributed by atoms with Gasteiger partial charge in [-0.3, -0.25) is 5.41 Å². The summed E-state index contributed by atoms with van der Waals surface area (Å²) in [6.07, 6.45) is 0.637. The van der Waals surface area contributed by atoms with Gasteiger partial charge in [0.15, 0.2) is 0 Å². The van der Waals surface area contributed by atoms with E-state index in [9.17, 15) is 4.79 Å². The molecular weight excluding hydrogens is 170 g/mol. The minimum Gasteiger partial charge on any atom is -0.446 e. The van der Waals surface area contributed by atoms with E-state index in [2.05, 4.69) is 6.92 Å². The van der Waals surface area contributed by atoms with E-state index in [4.69, 9.17) is 15.9 Å². The topological polar surface area (TPSA) is 79.4 Å². The summed E-state index contributed by atoms with van der Waals surface area (Å²) < 4.78 is 4.84. The number of ether oxygens (including phenoxy) is 1. The highest BCUT2D eigenvalue weighted by Gasteiger charge is 2.21. The number of amidine groups is 1. The van der Waals surface area contributed by atoms with Gasteiger partial charge in [-0.15, -0.1) is 0 Å². The Bertz CT molecular complexity index is 209. The van der Waals surface area contributed by atoms with Crippen molar-refractivity contribution in [2.24, 2.45) is 5.73 Å². The molecule has 1 saturated heterocycles. The van der Waals surface area contributed by atoms with Crippen LogP contribution in [0.15, 0.2) is 0 Å². The minimum atomic E-state index is -0.719. The van der Waals surface area contributed by atoms with Gasteiger partial charge in [-0.05, 0) is 0 Å². The van der Waals surface area contributed by atoms with Gasteiger partial charge in [-0.2, -0.15) is 0 Å². The van der Waals surface area contributed by atoms with Crippen LogP contribution in [0.5, 0.6) is 0 Å². The van der Waals surface area contributed by atoms with Crippen molar-refractivity contribution in [3.05, 3.63) is 6.92 Å². The van der Waals surface area contributed by atoms with Crippen LogP contribution in [-0.4, -0.2) is 36.0 Å². The normalized spacial score (nSPS) is 18.4. The molecule has 1 aliphatic heterocycles. The Hall–Kier alpha value is -1.26. The van der Waals surface area contributed by atoms with Crippen molar-refractivity contribution in [2.45, 2.75) is 18.9 Å². The Kier molecular flexibility index (Phi) is 3.11. The van der Waals surface area contributed by atoms with Gasteiger partial charge in [0.05, 0.1) is 5.84 Å². The van der Waals surface area contributed by atoms with Crippen molar-refractivity contribution in [1.82, 2.24) is 4.90 Å². The van der Waals surface area contributed by atoms with Gasteiger partial charge in [-0.1, -0.05) is 0 Å². The SMILES string of the molecule is [CH2]C(=N)N1CCC(OC(N)=O)CC1. The minimum absolute atomic E-state index is 0.0897. The number of amides is 1. The molecule has 3 N–H and O–H groups in total. The number of rotatable bonds is 1. The first-order chi connectivity index (χ1) is 6.09. The summed E-state index contributed by atoms with van der Waals surface area (Å²) in [4.78, 5) is 12.3. The molecule has 0 aliphatic carbocycles. The van der Waals surface area contributed by atoms with Crippen molar-refractivity contribution >= 4 is 11.9 Å². The maximum Gasteiger partial charge on any atom is 0.404 e. The van der Waals surface area contributed by atoms with Crippen molar-refractivity contribution in [3.8, 4) is 0 Å². The highest BCUT2D eigenvalue weighted by molar-refractivity contribution is 5.83. The first-order valence-electron chi connectivity index (χ1n) is 4.21. The lowest BCUT2D eigenvalue weighted by Gasteiger charge is -2.31. The first kappa shape index (κ1) is 9.83. The van der Waals surface area contributed by atoms with Crippen molar-refractivity contribution < 1.29 is 9.53 Å². The molecule has 0 bridgehead atoms. The third kappa shape index (κ3) is 2.93. The van der Waals surface area contributed by atoms with Crippen LogP contribution in [0.25, 0.3) is 0 Å². The second-order valence-corrected chi connectivity index (χ2v) is 3.07. The largest absolute Gasteiger partial charge is 0.446 e. The molecule has 13 heavy (non-hydrogen) atoms. The van der Waals surface area contributed by atoms with Crippen molar-refractivity contribution in [2.75, 3.05) is 13.1 Å². The molecule has 0 atom stereocenters. The zero-order valence-corrected chi connectivity index (χ0v) is 7.45. The second kappa shape index (κ2) is 4.11. The maximum atomic E-state index is 10.4. The van der Waals surface area contributed by atoms with Gasteiger partial charge in [0.2, 0.25) is 0 Å². The molecule has 0 spiro atoms. The molecule has 1 rings (SSSR count). The Morgan fingerprint density at radius 2 is 2.08 bits per heavy atom. The molecule has 5 nitrogen and oxygen atoms in total. The van der Waals surface area contributed by atoms with Crippen LogP contribution < -0.4 is 5.73 Å². The molecule has 1 amide bonds. The number of carbonyl (C=O) groups is 1. The van der Waals surface area contributed by atoms with E-state index in [0.29, 0.717) is 18.9 Å². The first-order valence-corrected chi connectivity index (χ1v) is 4.21. The molecule has 1 heterocycles. The molecule has 0 aromatic carbocycles. The van der Waals surface area contributed by atoms with E-state index in [1.54, 1.807) is 0 Å². The number of likely N-dealkylation sites (tertiary alicyclic amines) is 1. The van der Waals surface area contributed by atoms with Crippen LogP contribution in [0.4, 0.5) is 4.79 Å². The number of carbonyl (C=O) groups excluding carboxylic acids is 1. The Morgan fingerprint density at radius 1 is 1.54 bits per heavy atom. The number of nitrogens with zero attached hydrogens (tertiary/aromatic N) is 1. The summed E-state index contributed by atoms with van der Waals surface area (Å²) in [5.74, 6) is 0.317. The lowest BCUT2D eigenvalue weighted by molar-refractivity contribution is 0.0718. The predicted molar refractivity (Wildman–Crippen MR) is 48.3 cm³/mol. The number of nitrogens with two attached hydrogens (primary N) is 1. The zero-order chi connectivity index (χ0) is 9.84. The van der Waals surface area contributed by atoms with Gasteiger partial charge in [0, 0.05) is 32.9 Å². The van der Waals surface area contributed by atoms with Crippen molar-refractivity contribution in [1.29, 1.82) is 5.41 Å². The van der Waals surface area contributed by atoms with Gasteiger partial charge in [0.25, 0.3) is 0 Å². The lowest BCUT2D eigenvalue weighted by atomic mass is 10.1. The summed E-state index contributed by atoms with van der Waals surface area (Å²) in [7, 11) is 0. The number of hydrogen-bond acceptors (Lipinski definition) is 3. The van der Waals surface area contributed by atoms with E-state index in [1.807, 2.05) is 4.90 Å². The monoisotopic (exact) mass is 184 g/mol. The highest BCUT2D eigenvalue weighted by atomic mass is 16.6. The average Bonchev–Trinajstić information content (AvgIpc) is 2.04. The second-order valence-electron chi connectivity index (χ2n) is 3.07. The van der Waals surface area contributed by atoms with Crippen LogP contribution >= 0.6 is 0 Å². The quantitative estimate of drug-likeness (QED) is 0.456. The summed E-state index contributed by atoms with van der Waals surface area (Å²) in [6, 6.07) is 0. The average molecular weight is 184 g/mol. The molecule has 0 saturated carbocycles. The van der Waals surface area contributed by atoms with E-state index in [0.717, 1.165) is 12.8 Å². The third-order valence-corrected chi connectivity index (χ3v) is 2.11. The fourth-order valence-electron chi connectivity index (χ4n) is 1.41. The number of piperidine rings is 1. The molecule has 1 aliphatic rings. The van der Waals surface area contributed by atoms with E-state index in [-0.39, 0.29) is 6.10 Å².